The first-order chi connectivity index (χ1) is 8.97. The van der Waals surface area contributed by atoms with Gasteiger partial charge in [0.25, 0.3) is 0 Å². The number of nitrogens with one attached hydrogen (secondary N) is 1. The fourth-order valence-corrected chi connectivity index (χ4v) is 3.38. The van der Waals surface area contributed by atoms with Gasteiger partial charge in [0.1, 0.15) is 5.54 Å². The molecular formula is C15H28N2O2. The number of esters is 1. The summed E-state index contributed by atoms with van der Waals surface area (Å²) in [5, 5.41) is 3.46. The third kappa shape index (κ3) is 3.48. The Bertz CT molecular complexity index is 328. The van der Waals surface area contributed by atoms with Crippen molar-refractivity contribution < 1.29 is 9.53 Å². The highest BCUT2D eigenvalue weighted by atomic mass is 16.5. The summed E-state index contributed by atoms with van der Waals surface area (Å²) >= 11 is 0. The monoisotopic (exact) mass is 268 g/mol. The predicted octanol–water partition coefficient (Wildman–Crippen LogP) is 1.79. The van der Waals surface area contributed by atoms with Crippen LogP contribution in [0, 0.1) is 5.92 Å². The number of hydrogen-bond donors (Lipinski definition) is 1. The van der Waals surface area contributed by atoms with Crippen LogP contribution in [0.25, 0.3) is 0 Å². The van der Waals surface area contributed by atoms with Crippen molar-refractivity contribution in [3.05, 3.63) is 0 Å². The number of hydrogen-bond acceptors (Lipinski definition) is 4. The van der Waals surface area contributed by atoms with Crippen molar-refractivity contribution in [1.82, 2.24) is 10.2 Å². The highest BCUT2D eigenvalue weighted by Crippen LogP contribution is 2.36. The third-order valence-corrected chi connectivity index (χ3v) is 4.50. The molecule has 0 spiro atoms. The zero-order valence-electron chi connectivity index (χ0n) is 12.7. The average molecular weight is 268 g/mol. The number of nitrogens with zero attached hydrogens (tertiary/aromatic N) is 1. The summed E-state index contributed by atoms with van der Waals surface area (Å²) < 4.78 is 5.04. The van der Waals surface area contributed by atoms with Gasteiger partial charge in [-0.2, -0.15) is 0 Å². The molecule has 0 radical (unpaired) electrons. The van der Waals surface area contributed by atoms with E-state index in [4.69, 9.17) is 4.74 Å². The SMILES string of the molecule is COC(=O)C1(NC(C)C)CCC(N(C)CC2CC2)C1. The molecule has 110 valence electrons. The van der Waals surface area contributed by atoms with Crippen LogP contribution in [0.15, 0.2) is 0 Å². The van der Waals surface area contributed by atoms with Gasteiger partial charge in [-0.25, -0.2) is 0 Å². The molecule has 2 rings (SSSR count). The lowest BCUT2D eigenvalue weighted by Crippen LogP contribution is -2.54. The Balaban J connectivity index is 1.99. The summed E-state index contributed by atoms with van der Waals surface area (Å²) in [5.41, 5.74) is -0.467. The van der Waals surface area contributed by atoms with E-state index in [9.17, 15) is 4.79 Å². The number of carbonyl (C=O) groups excluding carboxylic acids is 1. The molecule has 2 aliphatic carbocycles. The normalized spacial score (nSPS) is 31.2. The van der Waals surface area contributed by atoms with Crippen molar-refractivity contribution >= 4 is 5.97 Å². The highest BCUT2D eigenvalue weighted by Gasteiger charge is 2.47. The van der Waals surface area contributed by atoms with Gasteiger partial charge >= 0.3 is 5.97 Å². The Morgan fingerprint density at radius 1 is 1.42 bits per heavy atom. The molecule has 0 aromatic heterocycles. The smallest absolute Gasteiger partial charge is 0.326 e. The van der Waals surface area contributed by atoms with Crippen LogP contribution in [-0.4, -0.2) is 49.2 Å². The molecule has 2 atom stereocenters. The summed E-state index contributed by atoms with van der Waals surface area (Å²) in [4.78, 5) is 14.6. The first kappa shape index (κ1) is 14.8. The van der Waals surface area contributed by atoms with Crippen molar-refractivity contribution in [2.75, 3.05) is 20.7 Å². The fourth-order valence-electron chi connectivity index (χ4n) is 3.38. The zero-order chi connectivity index (χ0) is 14.0. The van der Waals surface area contributed by atoms with Gasteiger partial charge < -0.3 is 9.64 Å². The van der Waals surface area contributed by atoms with E-state index in [-0.39, 0.29) is 5.97 Å². The summed E-state index contributed by atoms with van der Waals surface area (Å²) in [6.45, 7) is 5.36. The maximum atomic E-state index is 12.2. The van der Waals surface area contributed by atoms with Crippen LogP contribution in [-0.2, 0) is 9.53 Å². The van der Waals surface area contributed by atoms with Gasteiger partial charge in [-0.15, -0.1) is 0 Å². The Hall–Kier alpha value is -0.610. The molecule has 0 aromatic rings. The van der Waals surface area contributed by atoms with Gasteiger partial charge in [-0.3, -0.25) is 10.1 Å². The van der Waals surface area contributed by atoms with Crippen LogP contribution < -0.4 is 5.32 Å². The lowest BCUT2D eigenvalue weighted by atomic mass is 9.96. The second-order valence-corrected chi connectivity index (χ2v) is 6.65. The fraction of sp³-hybridized carbons (Fsp3) is 0.933. The minimum Gasteiger partial charge on any atom is -0.468 e. The summed E-state index contributed by atoms with van der Waals surface area (Å²) in [5.74, 6) is 0.805. The van der Waals surface area contributed by atoms with Crippen LogP contribution in [0.2, 0.25) is 0 Å². The summed E-state index contributed by atoms with van der Waals surface area (Å²) in [6, 6.07) is 0.803. The molecule has 0 saturated heterocycles. The van der Waals surface area contributed by atoms with E-state index in [1.54, 1.807) is 0 Å². The standard InChI is InChI=1S/C15H28N2O2/c1-11(2)16-15(14(18)19-4)8-7-13(9-15)17(3)10-12-5-6-12/h11-13,16H,5-10H2,1-4H3. The minimum atomic E-state index is -0.467. The van der Waals surface area contributed by atoms with E-state index in [0.29, 0.717) is 12.1 Å². The van der Waals surface area contributed by atoms with Crippen LogP contribution >= 0.6 is 0 Å². The van der Waals surface area contributed by atoms with Crippen LogP contribution in [0.4, 0.5) is 0 Å². The number of carbonyl (C=O) groups is 1. The molecule has 0 bridgehead atoms. The van der Waals surface area contributed by atoms with Crippen molar-refractivity contribution in [2.45, 2.75) is 63.6 Å². The molecule has 0 amide bonds. The quantitative estimate of drug-likeness (QED) is 0.746. The largest absolute Gasteiger partial charge is 0.468 e. The van der Waals surface area contributed by atoms with E-state index >= 15 is 0 Å². The van der Waals surface area contributed by atoms with Gasteiger partial charge in [0, 0.05) is 18.6 Å². The molecule has 2 unspecified atom stereocenters. The Kier molecular flexibility index (Phi) is 4.51. The third-order valence-electron chi connectivity index (χ3n) is 4.50. The summed E-state index contributed by atoms with van der Waals surface area (Å²) in [6.07, 6.45) is 5.60. The number of methoxy groups -OCH3 is 1. The molecule has 4 nitrogen and oxygen atoms in total. The second-order valence-electron chi connectivity index (χ2n) is 6.65. The average Bonchev–Trinajstić information content (AvgIpc) is 3.06. The van der Waals surface area contributed by atoms with E-state index in [1.165, 1.54) is 26.5 Å². The van der Waals surface area contributed by atoms with Gasteiger partial charge in [-0.1, -0.05) is 0 Å². The molecule has 2 fully saturated rings. The Morgan fingerprint density at radius 2 is 2.11 bits per heavy atom. The molecular weight excluding hydrogens is 240 g/mol. The topological polar surface area (TPSA) is 41.6 Å². The first-order valence-electron chi connectivity index (χ1n) is 7.53. The Morgan fingerprint density at radius 3 is 2.63 bits per heavy atom. The highest BCUT2D eigenvalue weighted by molar-refractivity contribution is 5.81. The molecule has 19 heavy (non-hydrogen) atoms. The van der Waals surface area contributed by atoms with E-state index in [1.807, 2.05) is 0 Å². The van der Waals surface area contributed by atoms with Gasteiger partial charge in [0.15, 0.2) is 0 Å². The molecule has 2 aliphatic rings. The minimum absolute atomic E-state index is 0.0940. The van der Waals surface area contributed by atoms with Crippen molar-refractivity contribution in [2.24, 2.45) is 5.92 Å². The molecule has 2 saturated carbocycles. The molecule has 0 aliphatic heterocycles. The number of rotatable bonds is 6. The lowest BCUT2D eigenvalue weighted by Gasteiger charge is -2.31. The molecule has 0 aromatic carbocycles. The van der Waals surface area contributed by atoms with Crippen LogP contribution in [0.3, 0.4) is 0 Å². The summed E-state index contributed by atoms with van der Waals surface area (Å²) in [7, 11) is 3.69. The molecule has 4 heteroatoms. The van der Waals surface area contributed by atoms with Crippen molar-refractivity contribution in [3.63, 3.8) is 0 Å². The van der Waals surface area contributed by atoms with Crippen LogP contribution in [0.1, 0.15) is 46.0 Å². The van der Waals surface area contributed by atoms with Crippen LogP contribution in [0.5, 0.6) is 0 Å². The maximum absolute atomic E-state index is 12.2. The van der Waals surface area contributed by atoms with E-state index < -0.39 is 5.54 Å². The van der Waals surface area contributed by atoms with Crippen molar-refractivity contribution in [3.8, 4) is 0 Å². The van der Waals surface area contributed by atoms with Crippen molar-refractivity contribution in [1.29, 1.82) is 0 Å². The maximum Gasteiger partial charge on any atom is 0.326 e. The number of ether oxygens (including phenoxy) is 1. The molecule has 1 N–H and O–H groups in total. The molecule has 0 heterocycles. The zero-order valence-corrected chi connectivity index (χ0v) is 12.7. The van der Waals surface area contributed by atoms with E-state index in [2.05, 4.69) is 31.1 Å². The van der Waals surface area contributed by atoms with E-state index in [0.717, 1.165) is 25.2 Å². The Labute approximate surface area is 116 Å². The second kappa shape index (κ2) is 5.80. The van der Waals surface area contributed by atoms with Gasteiger partial charge in [0.05, 0.1) is 7.11 Å². The predicted molar refractivity (Wildman–Crippen MR) is 76.0 cm³/mol. The lowest BCUT2D eigenvalue weighted by molar-refractivity contribution is -0.149. The van der Waals surface area contributed by atoms with Gasteiger partial charge in [-0.05, 0) is 58.9 Å². The first-order valence-corrected chi connectivity index (χ1v) is 7.53. The van der Waals surface area contributed by atoms with Gasteiger partial charge in [0.2, 0.25) is 0 Å².